The second kappa shape index (κ2) is 4.80. The third-order valence-corrected chi connectivity index (χ3v) is 2.38. The van der Waals surface area contributed by atoms with Crippen molar-refractivity contribution in [1.82, 2.24) is 5.32 Å². The zero-order valence-electron chi connectivity index (χ0n) is 7.92. The summed E-state index contributed by atoms with van der Waals surface area (Å²) in [5, 5.41) is 13.0. The average Bonchev–Trinajstić information content (AvgIpc) is 2.55. The van der Waals surface area contributed by atoms with Crippen LogP contribution in [-0.2, 0) is 4.74 Å². The summed E-state index contributed by atoms with van der Waals surface area (Å²) in [7, 11) is 0. The molecule has 2 N–H and O–H groups in total. The summed E-state index contributed by atoms with van der Waals surface area (Å²) in [5.41, 5.74) is 0. The molecule has 0 aromatic carbocycles. The number of hydrogen-bond donors (Lipinski definition) is 2. The van der Waals surface area contributed by atoms with E-state index >= 15 is 0 Å². The van der Waals surface area contributed by atoms with Crippen LogP contribution in [-0.4, -0.2) is 36.5 Å². The van der Waals surface area contributed by atoms with Gasteiger partial charge in [-0.05, 0) is 26.3 Å². The van der Waals surface area contributed by atoms with E-state index in [1.807, 2.05) is 13.8 Å². The largest absolute Gasteiger partial charge is 0.389 e. The smallest absolute Gasteiger partial charge is 0.0951 e. The number of likely N-dealkylation sites (N-methyl/N-ethyl adjacent to an activating group) is 1. The number of ether oxygens (including phenoxy) is 1. The molecule has 1 heterocycles. The second-order valence-corrected chi connectivity index (χ2v) is 3.39. The predicted octanol–water partition coefficient (Wildman–Crippen LogP) is 0.524. The van der Waals surface area contributed by atoms with Crippen LogP contribution in [0.25, 0.3) is 0 Å². The van der Waals surface area contributed by atoms with E-state index in [1.165, 1.54) is 0 Å². The van der Waals surface area contributed by atoms with Crippen LogP contribution >= 0.6 is 0 Å². The van der Waals surface area contributed by atoms with Gasteiger partial charge in [-0.1, -0.05) is 6.92 Å². The van der Waals surface area contributed by atoms with Gasteiger partial charge in [-0.25, -0.2) is 0 Å². The minimum absolute atomic E-state index is 0.0547. The molecule has 72 valence electrons. The Bertz CT molecular complexity index is 124. The minimum Gasteiger partial charge on any atom is -0.389 e. The van der Waals surface area contributed by atoms with Crippen LogP contribution in [0.4, 0.5) is 0 Å². The summed E-state index contributed by atoms with van der Waals surface area (Å²) in [6.45, 7) is 5.74. The normalized spacial score (nSPS) is 28.8. The molecule has 0 saturated carbocycles. The first kappa shape index (κ1) is 9.96. The lowest BCUT2D eigenvalue weighted by Gasteiger charge is -2.24. The third-order valence-electron chi connectivity index (χ3n) is 2.38. The molecule has 1 saturated heterocycles. The first-order valence-corrected chi connectivity index (χ1v) is 4.78. The quantitative estimate of drug-likeness (QED) is 0.651. The van der Waals surface area contributed by atoms with Crippen molar-refractivity contribution in [2.75, 3.05) is 13.2 Å². The van der Waals surface area contributed by atoms with Crippen LogP contribution < -0.4 is 5.32 Å². The Hall–Kier alpha value is -0.120. The molecule has 0 spiro atoms. The van der Waals surface area contributed by atoms with E-state index in [1.54, 1.807) is 0 Å². The second-order valence-electron chi connectivity index (χ2n) is 3.39. The molecule has 3 heteroatoms. The van der Waals surface area contributed by atoms with Crippen LogP contribution in [0.15, 0.2) is 0 Å². The molecule has 0 aromatic rings. The molecule has 0 amide bonds. The van der Waals surface area contributed by atoms with Gasteiger partial charge in [-0.2, -0.15) is 0 Å². The summed E-state index contributed by atoms with van der Waals surface area (Å²) in [6.07, 6.45) is 1.78. The lowest BCUT2D eigenvalue weighted by molar-refractivity contribution is -0.0170. The van der Waals surface area contributed by atoms with Gasteiger partial charge in [0.15, 0.2) is 0 Å². The van der Waals surface area contributed by atoms with Crippen LogP contribution in [0.3, 0.4) is 0 Å². The number of rotatable bonds is 4. The topological polar surface area (TPSA) is 41.5 Å². The summed E-state index contributed by atoms with van der Waals surface area (Å²) in [5.74, 6) is 0. The van der Waals surface area contributed by atoms with Gasteiger partial charge in [-0.3, -0.25) is 0 Å². The van der Waals surface area contributed by atoms with Crippen LogP contribution in [0.5, 0.6) is 0 Å². The van der Waals surface area contributed by atoms with Gasteiger partial charge in [0.1, 0.15) is 0 Å². The molecule has 0 bridgehead atoms. The van der Waals surface area contributed by atoms with Crippen molar-refractivity contribution in [3.05, 3.63) is 0 Å². The molecule has 0 aromatic heterocycles. The fraction of sp³-hybridized carbons (Fsp3) is 1.00. The highest BCUT2D eigenvalue weighted by Gasteiger charge is 2.27. The molecule has 1 rings (SSSR count). The Morgan fingerprint density at radius 3 is 2.92 bits per heavy atom. The first-order valence-electron chi connectivity index (χ1n) is 4.78. The van der Waals surface area contributed by atoms with Gasteiger partial charge in [0.2, 0.25) is 0 Å². The molecule has 0 radical (unpaired) electrons. The lowest BCUT2D eigenvalue weighted by atomic mass is 10.0. The van der Waals surface area contributed by atoms with Gasteiger partial charge >= 0.3 is 0 Å². The maximum absolute atomic E-state index is 9.76. The van der Waals surface area contributed by atoms with Crippen LogP contribution in [0.1, 0.15) is 26.7 Å². The molecule has 1 aliphatic heterocycles. The van der Waals surface area contributed by atoms with Crippen molar-refractivity contribution in [2.45, 2.75) is 44.9 Å². The Kier molecular flexibility index (Phi) is 3.98. The van der Waals surface area contributed by atoms with Gasteiger partial charge in [0.25, 0.3) is 0 Å². The van der Waals surface area contributed by atoms with Crippen molar-refractivity contribution in [3.63, 3.8) is 0 Å². The average molecular weight is 173 g/mol. The Morgan fingerprint density at radius 2 is 2.42 bits per heavy atom. The highest BCUT2D eigenvalue weighted by molar-refractivity contribution is 4.81. The molecule has 3 nitrogen and oxygen atoms in total. The molecular weight excluding hydrogens is 154 g/mol. The van der Waals surface area contributed by atoms with Crippen molar-refractivity contribution in [1.29, 1.82) is 0 Å². The Morgan fingerprint density at radius 1 is 1.67 bits per heavy atom. The van der Waals surface area contributed by atoms with Crippen LogP contribution in [0.2, 0.25) is 0 Å². The molecular formula is C9H19NO2. The molecule has 0 aliphatic carbocycles. The highest BCUT2D eigenvalue weighted by Crippen LogP contribution is 2.17. The molecule has 1 fully saturated rings. The van der Waals surface area contributed by atoms with Crippen molar-refractivity contribution < 1.29 is 9.84 Å². The van der Waals surface area contributed by atoms with Crippen molar-refractivity contribution in [3.8, 4) is 0 Å². The fourth-order valence-electron chi connectivity index (χ4n) is 1.64. The highest BCUT2D eigenvalue weighted by atomic mass is 16.5. The van der Waals surface area contributed by atoms with E-state index in [2.05, 4.69) is 5.32 Å². The van der Waals surface area contributed by atoms with E-state index < -0.39 is 0 Å². The van der Waals surface area contributed by atoms with Crippen molar-refractivity contribution in [2.24, 2.45) is 0 Å². The Balaban J connectivity index is 2.29. The van der Waals surface area contributed by atoms with Gasteiger partial charge in [0, 0.05) is 12.6 Å². The van der Waals surface area contributed by atoms with E-state index in [0.29, 0.717) is 0 Å². The lowest BCUT2D eigenvalue weighted by Crippen LogP contribution is -2.43. The number of nitrogens with one attached hydrogen (secondary N) is 1. The molecule has 3 unspecified atom stereocenters. The number of aliphatic hydroxyl groups is 1. The van der Waals surface area contributed by atoms with Crippen molar-refractivity contribution >= 4 is 0 Å². The predicted molar refractivity (Wildman–Crippen MR) is 48.1 cm³/mol. The fourth-order valence-corrected chi connectivity index (χ4v) is 1.64. The van der Waals surface area contributed by atoms with E-state index in [-0.39, 0.29) is 18.2 Å². The summed E-state index contributed by atoms with van der Waals surface area (Å²) in [6, 6.07) is 0.137. The summed E-state index contributed by atoms with van der Waals surface area (Å²) < 4.78 is 5.39. The molecule has 3 atom stereocenters. The van der Waals surface area contributed by atoms with E-state index in [0.717, 1.165) is 26.0 Å². The summed E-state index contributed by atoms with van der Waals surface area (Å²) in [4.78, 5) is 0. The number of aliphatic hydroxyl groups excluding tert-OH is 1. The third kappa shape index (κ3) is 2.44. The standard InChI is InChI=1S/C9H19NO2/c1-3-10-7(2)9(11)8-5-4-6-12-8/h7-11H,3-6H2,1-2H3. The van der Waals surface area contributed by atoms with Gasteiger partial charge < -0.3 is 15.2 Å². The first-order chi connectivity index (χ1) is 5.75. The zero-order valence-corrected chi connectivity index (χ0v) is 7.92. The van der Waals surface area contributed by atoms with Crippen LogP contribution in [0, 0.1) is 0 Å². The van der Waals surface area contributed by atoms with Gasteiger partial charge in [-0.15, -0.1) is 0 Å². The molecule has 12 heavy (non-hydrogen) atoms. The zero-order chi connectivity index (χ0) is 8.97. The Labute approximate surface area is 74.1 Å². The van der Waals surface area contributed by atoms with E-state index in [9.17, 15) is 5.11 Å². The van der Waals surface area contributed by atoms with E-state index in [4.69, 9.17) is 4.74 Å². The summed E-state index contributed by atoms with van der Waals surface area (Å²) >= 11 is 0. The maximum Gasteiger partial charge on any atom is 0.0951 e. The monoisotopic (exact) mass is 173 g/mol. The number of hydrogen-bond acceptors (Lipinski definition) is 3. The molecule has 1 aliphatic rings. The SMILES string of the molecule is CCNC(C)C(O)C1CCCO1. The van der Waals surface area contributed by atoms with Gasteiger partial charge in [0.05, 0.1) is 12.2 Å². The minimum atomic E-state index is -0.354. The maximum atomic E-state index is 9.76.